The molecule has 1 saturated carbocycles. The molecule has 0 unspecified atom stereocenters. The lowest BCUT2D eigenvalue weighted by Crippen LogP contribution is -2.21. The fourth-order valence-corrected chi connectivity index (χ4v) is 3.70. The van der Waals surface area contributed by atoms with Crippen LogP contribution >= 0.6 is 0 Å². The Bertz CT molecular complexity index is 1080. The number of hydrogen-bond acceptors (Lipinski definition) is 4. The van der Waals surface area contributed by atoms with Gasteiger partial charge in [0, 0.05) is 5.39 Å². The Morgan fingerprint density at radius 1 is 1.00 bits per heavy atom. The van der Waals surface area contributed by atoms with Gasteiger partial charge in [-0.3, -0.25) is 0 Å². The second-order valence-corrected chi connectivity index (χ2v) is 7.03. The standard InChI is InChI=1S/C23H22FNO4/c1-3-28-22(26)21-20(15-5-6-15)18-12-9-16(14-7-10-17(24)11-8-14)13-19(18)25(21)23(27)29-4-2/h7-13,15H,3-6H2,1-2H3. The highest BCUT2D eigenvalue weighted by atomic mass is 19.1. The summed E-state index contributed by atoms with van der Waals surface area (Å²) < 4.78 is 25.1. The molecule has 6 heteroatoms. The van der Waals surface area contributed by atoms with E-state index in [0.717, 1.165) is 34.9 Å². The molecule has 1 heterocycles. The van der Waals surface area contributed by atoms with Gasteiger partial charge in [0.05, 0.1) is 18.7 Å². The topological polar surface area (TPSA) is 57.5 Å². The molecule has 0 saturated heterocycles. The minimum absolute atomic E-state index is 0.192. The van der Waals surface area contributed by atoms with Crippen LogP contribution in [0, 0.1) is 5.82 Å². The Balaban J connectivity index is 1.97. The lowest BCUT2D eigenvalue weighted by Gasteiger charge is -2.10. The highest BCUT2D eigenvalue weighted by Crippen LogP contribution is 2.47. The molecule has 1 aliphatic rings. The molecule has 29 heavy (non-hydrogen) atoms. The minimum Gasteiger partial charge on any atom is -0.461 e. The van der Waals surface area contributed by atoms with E-state index in [1.54, 1.807) is 26.0 Å². The Morgan fingerprint density at radius 2 is 1.66 bits per heavy atom. The van der Waals surface area contributed by atoms with Crippen molar-refractivity contribution in [3.8, 4) is 11.1 Å². The van der Waals surface area contributed by atoms with Crippen LogP contribution < -0.4 is 0 Å². The van der Waals surface area contributed by atoms with Crippen LogP contribution in [0.25, 0.3) is 22.0 Å². The number of carbonyl (C=O) groups excluding carboxylic acids is 2. The molecule has 0 atom stereocenters. The molecule has 3 aromatic rings. The Morgan fingerprint density at radius 3 is 2.28 bits per heavy atom. The molecule has 0 amide bonds. The van der Waals surface area contributed by atoms with Gasteiger partial charge < -0.3 is 9.47 Å². The van der Waals surface area contributed by atoms with E-state index in [2.05, 4.69) is 0 Å². The second kappa shape index (κ2) is 7.70. The Kier molecular flexibility index (Phi) is 5.09. The number of rotatable bonds is 5. The van der Waals surface area contributed by atoms with E-state index in [1.165, 1.54) is 16.7 Å². The zero-order valence-electron chi connectivity index (χ0n) is 16.4. The molecule has 4 rings (SSSR count). The summed E-state index contributed by atoms with van der Waals surface area (Å²) in [5.74, 6) is -0.614. The largest absolute Gasteiger partial charge is 0.461 e. The Labute approximate surface area is 168 Å². The molecule has 0 N–H and O–H groups in total. The van der Waals surface area contributed by atoms with Crippen molar-refractivity contribution >= 4 is 23.0 Å². The summed E-state index contributed by atoms with van der Waals surface area (Å²) in [7, 11) is 0. The van der Waals surface area contributed by atoms with Gasteiger partial charge in [0.25, 0.3) is 0 Å². The van der Waals surface area contributed by atoms with Crippen molar-refractivity contribution in [1.29, 1.82) is 0 Å². The quantitative estimate of drug-likeness (QED) is 0.535. The second-order valence-electron chi connectivity index (χ2n) is 7.03. The third-order valence-corrected chi connectivity index (χ3v) is 5.09. The lowest BCUT2D eigenvalue weighted by molar-refractivity contribution is 0.0510. The number of benzene rings is 2. The zero-order valence-corrected chi connectivity index (χ0v) is 16.4. The Hall–Kier alpha value is -3.15. The van der Waals surface area contributed by atoms with Gasteiger partial charge in [-0.05, 0) is 67.5 Å². The number of esters is 1. The van der Waals surface area contributed by atoms with E-state index in [0.29, 0.717) is 5.52 Å². The summed E-state index contributed by atoms with van der Waals surface area (Å²) in [6, 6.07) is 11.8. The molecule has 0 bridgehead atoms. The summed E-state index contributed by atoms with van der Waals surface area (Å²) in [5.41, 5.74) is 3.32. The molecule has 1 aliphatic carbocycles. The summed E-state index contributed by atoms with van der Waals surface area (Å²) in [4.78, 5) is 25.6. The van der Waals surface area contributed by atoms with Gasteiger partial charge >= 0.3 is 12.1 Å². The first-order valence-electron chi connectivity index (χ1n) is 9.83. The molecule has 0 radical (unpaired) electrons. The average molecular weight is 395 g/mol. The van der Waals surface area contributed by atoms with Gasteiger partial charge in [0.1, 0.15) is 11.5 Å². The van der Waals surface area contributed by atoms with Crippen LogP contribution in [0.15, 0.2) is 42.5 Å². The predicted molar refractivity (Wildman–Crippen MR) is 108 cm³/mol. The molecule has 5 nitrogen and oxygen atoms in total. The van der Waals surface area contributed by atoms with Crippen LogP contribution in [0.2, 0.25) is 0 Å². The maximum atomic E-state index is 13.3. The first-order chi connectivity index (χ1) is 14.0. The van der Waals surface area contributed by atoms with Crippen molar-refractivity contribution in [1.82, 2.24) is 4.57 Å². The number of fused-ring (bicyclic) bond motifs is 1. The van der Waals surface area contributed by atoms with Crippen LogP contribution in [-0.2, 0) is 9.47 Å². The van der Waals surface area contributed by atoms with E-state index in [1.807, 2.05) is 18.2 Å². The molecule has 1 aromatic heterocycles. The van der Waals surface area contributed by atoms with Crippen molar-refractivity contribution in [3.05, 3.63) is 59.5 Å². The van der Waals surface area contributed by atoms with Crippen molar-refractivity contribution in [2.75, 3.05) is 13.2 Å². The fourth-order valence-electron chi connectivity index (χ4n) is 3.70. The predicted octanol–water partition coefficient (Wildman–Crippen LogP) is 5.51. The molecule has 0 spiro atoms. The number of ether oxygens (including phenoxy) is 2. The first-order valence-corrected chi connectivity index (χ1v) is 9.83. The number of nitrogens with zero attached hydrogens (tertiary/aromatic N) is 1. The van der Waals surface area contributed by atoms with Crippen LogP contribution in [0.3, 0.4) is 0 Å². The molecule has 1 fully saturated rings. The fraction of sp³-hybridized carbons (Fsp3) is 0.304. The van der Waals surface area contributed by atoms with Gasteiger partial charge in [0.15, 0.2) is 0 Å². The van der Waals surface area contributed by atoms with Crippen LogP contribution in [-0.4, -0.2) is 29.8 Å². The van der Waals surface area contributed by atoms with E-state index < -0.39 is 12.1 Å². The molecular weight excluding hydrogens is 373 g/mol. The normalized spacial score (nSPS) is 13.5. The highest BCUT2D eigenvalue weighted by Gasteiger charge is 2.36. The highest BCUT2D eigenvalue weighted by molar-refractivity contribution is 6.05. The van der Waals surface area contributed by atoms with Crippen molar-refractivity contribution in [3.63, 3.8) is 0 Å². The van der Waals surface area contributed by atoms with Gasteiger partial charge in [-0.25, -0.2) is 18.5 Å². The first kappa shape index (κ1) is 19.2. The van der Waals surface area contributed by atoms with Gasteiger partial charge in [-0.1, -0.05) is 24.3 Å². The average Bonchev–Trinajstić information content (AvgIpc) is 3.49. The number of carbonyl (C=O) groups is 2. The molecular formula is C23H22FNO4. The minimum atomic E-state index is -0.608. The van der Waals surface area contributed by atoms with Gasteiger partial charge in [-0.15, -0.1) is 0 Å². The van der Waals surface area contributed by atoms with Crippen LogP contribution in [0.4, 0.5) is 9.18 Å². The summed E-state index contributed by atoms with van der Waals surface area (Å²) in [6.07, 6.45) is 1.32. The molecule has 150 valence electrons. The molecule has 0 aliphatic heterocycles. The number of halogens is 1. The van der Waals surface area contributed by atoms with E-state index in [4.69, 9.17) is 9.47 Å². The maximum absolute atomic E-state index is 13.3. The van der Waals surface area contributed by atoms with Crippen molar-refractivity contribution in [2.24, 2.45) is 0 Å². The lowest BCUT2D eigenvalue weighted by atomic mass is 10.0. The van der Waals surface area contributed by atoms with Crippen molar-refractivity contribution in [2.45, 2.75) is 32.6 Å². The molecule has 2 aromatic carbocycles. The summed E-state index contributed by atoms with van der Waals surface area (Å²) in [6.45, 7) is 3.86. The summed E-state index contributed by atoms with van der Waals surface area (Å²) >= 11 is 0. The summed E-state index contributed by atoms with van der Waals surface area (Å²) in [5, 5.41) is 0.842. The van der Waals surface area contributed by atoms with E-state index in [-0.39, 0.29) is 30.6 Å². The van der Waals surface area contributed by atoms with Crippen LogP contribution in [0.5, 0.6) is 0 Å². The smallest absolute Gasteiger partial charge is 0.419 e. The van der Waals surface area contributed by atoms with Gasteiger partial charge in [0.2, 0.25) is 0 Å². The van der Waals surface area contributed by atoms with Crippen LogP contribution in [0.1, 0.15) is 48.7 Å². The number of hydrogen-bond donors (Lipinski definition) is 0. The van der Waals surface area contributed by atoms with E-state index in [9.17, 15) is 14.0 Å². The zero-order chi connectivity index (χ0) is 20.5. The third-order valence-electron chi connectivity index (χ3n) is 5.09. The SMILES string of the molecule is CCOC(=O)c1c(C2CC2)c2ccc(-c3ccc(F)cc3)cc2n1C(=O)OCC. The monoisotopic (exact) mass is 395 g/mol. The maximum Gasteiger partial charge on any atom is 0.419 e. The third kappa shape index (κ3) is 3.50. The van der Waals surface area contributed by atoms with E-state index >= 15 is 0 Å². The van der Waals surface area contributed by atoms with Gasteiger partial charge in [-0.2, -0.15) is 0 Å². The number of aromatic nitrogens is 1. The van der Waals surface area contributed by atoms with Crippen molar-refractivity contribution < 1.29 is 23.5 Å².